The first-order chi connectivity index (χ1) is 11.8. The van der Waals surface area contributed by atoms with Crippen LogP contribution in [0.1, 0.15) is 51.5 Å². The van der Waals surface area contributed by atoms with E-state index in [-0.39, 0.29) is 5.91 Å². The number of thioether (sulfide) groups is 1. The third-order valence-electron chi connectivity index (χ3n) is 4.25. The molecule has 2 heterocycles. The molecule has 0 spiro atoms. The van der Waals surface area contributed by atoms with E-state index in [0.29, 0.717) is 18.3 Å². The molecule has 6 nitrogen and oxygen atoms in total. The molecule has 0 unspecified atom stereocenters. The number of aromatic nitrogens is 3. The first-order valence-corrected chi connectivity index (χ1v) is 9.66. The summed E-state index contributed by atoms with van der Waals surface area (Å²) < 4.78 is 7.71. The van der Waals surface area contributed by atoms with Crippen LogP contribution < -0.4 is 5.32 Å². The molecule has 0 radical (unpaired) electrons. The number of amides is 1. The van der Waals surface area contributed by atoms with Crippen molar-refractivity contribution in [2.24, 2.45) is 0 Å². The topological polar surface area (TPSA) is 73.0 Å². The van der Waals surface area contributed by atoms with Crippen LogP contribution in [0.3, 0.4) is 0 Å². The van der Waals surface area contributed by atoms with E-state index >= 15 is 0 Å². The van der Waals surface area contributed by atoms with Crippen molar-refractivity contribution in [2.45, 2.75) is 56.6 Å². The molecule has 3 rings (SSSR count). The second kappa shape index (κ2) is 8.37. The van der Waals surface area contributed by atoms with Crippen molar-refractivity contribution in [1.29, 1.82) is 0 Å². The average Bonchev–Trinajstić information content (AvgIpc) is 3.27. The lowest BCUT2D eigenvalue weighted by atomic mass is 9.95. The lowest BCUT2D eigenvalue weighted by Gasteiger charge is -2.25. The fourth-order valence-electron chi connectivity index (χ4n) is 3.06. The molecule has 1 aliphatic carbocycles. The predicted molar refractivity (Wildman–Crippen MR) is 93.9 cm³/mol. The van der Waals surface area contributed by atoms with Gasteiger partial charge < -0.3 is 9.73 Å². The summed E-state index contributed by atoms with van der Waals surface area (Å²) in [6.07, 6.45) is 8.58. The monoisotopic (exact) mass is 348 g/mol. The van der Waals surface area contributed by atoms with Crippen LogP contribution in [0.2, 0.25) is 0 Å². The van der Waals surface area contributed by atoms with Gasteiger partial charge in [-0.2, -0.15) is 0 Å². The van der Waals surface area contributed by atoms with Gasteiger partial charge in [0.25, 0.3) is 0 Å². The number of carbonyl (C=O) groups is 1. The van der Waals surface area contributed by atoms with Gasteiger partial charge in [0, 0.05) is 12.6 Å². The van der Waals surface area contributed by atoms with Gasteiger partial charge in [0.15, 0.2) is 10.9 Å². The van der Waals surface area contributed by atoms with Crippen molar-refractivity contribution < 1.29 is 9.21 Å². The lowest BCUT2D eigenvalue weighted by molar-refractivity contribution is -0.118. The molecule has 2 aromatic rings. The Morgan fingerprint density at radius 1 is 1.38 bits per heavy atom. The van der Waals surface area contributed by atoms with Crippen LogP contribution in [-0.4, -0.2) is 33.0 Å². The van der Waals surface area contributed by atoms with Crippen molar-refractivity contribution in [3.05, 3.63) is 18.4 Å². The Labute approximate surface area is 146 Å². The van der Waals surface area contributed by atoms with Crippen LogP contribution in [0.25, 0.3) is 11.6 Å². The van der Waals surface area contributed by atoms with Crippen molar-refractivity contribution in [3.8, 4) is 11.6 Å². The number of hydrogen-bond acceptors (Lipinski definition) is 5. The summed E-state index contributed by atoms with van der Waals surface area (Å²) in [7, 11) is 0. The summed E-state index contributed by atoms with van der Waals surface area (Å²) in [5.74, 6) is 1.90. The van der Waals surface area contributed by atoms with E-state index in [9.17, 15) is 4.79 Å². The molecule has 2 aromatic heterocycles. The number of nitrogens with zero attached hydrogens (tertiary/aromatic N) is 3. The number of furan rings is 1. The Morgan fingerprint density at radius 3 is 2.92 bits per heavy atom. The van der Waals surface area contributed by atoms with E-state index in [1.807, 2.05) is 19.1 Å². The molecular weight excluding hydrogens is 324 g/mol. The fourth-order valence-corrected chi connectivity index (χ4v) is 3.90. The van der Waals surface area contributed by atoms with Gasteiger partial charge in [0.1, 0.15) is 0 Å². The second-order valence-electron chi connectivity index (χ2n) is 6.08. The molecule has 24 heavy (non-hydrogen) atoms. The summed E-state index contributed by atoms with van der Waals surface area (Å²) >= 11 is 1.45. The smallest absolute Gasteiger partial charge is 0.230 e. The zero-order valence-corrected chi connectivity index (χ0v) is 14.8. The van der Waals surface area contributed by atoms with Gasteiger partial charge in [-0.1, -0.05) is 37.9 Å². The standard InChI is InChI=1S/C17H24N4O2S/c1-2-10-18-15(22)12-24-17-20-19-16(14-9-6-11-23-14)21(17)13-7-4-3-5-8-13/h6,9,11,13H,2-5,7-8,10,12H2,1H3,(H,18,22). The third kappa shape index (κ3) is 4.01. The maximum Gasteiger partial charge on any atom is 0.230 e. The van der Waals surface area contributed by atoms with Gasteiger partial charge in [0.05, 0.1) is 12.0 Å². The van der Waals surface area contributed by atoms with Crippen LogP contribution in [0, 0.1) is 0 Å². The molecule has 1 amide bonds. The van der Waals surface area contributed by atoms with E-state index in [4.69, 9.17) is 4.42 Å². The average molecular weight is 348 g/mol. The van der Waals surface area contributed by atoms with E-state index in [1.54, 1.807) is 6.26 Å². The molecule has 0 aliphatic heterocycles. The highest BCUT2D eigenvalue weighted by Gasteiger charge is 2.25. The fraction of sp³-hybridized carbons (Fsp3) is 0.588. The highest BCUT2D eigenvalue weighted by molar-refractivity contribution is 7.99. The zero-order chi connectivity index (χ0) is 16.8. The van der Waals surface area contributed by atoms with Crippen LogP contribution in [-0.2, 0) is 4.79 Å². The summed E-state index contributed by atoms with van der Waals surface area (Å²) in [5.41, 5.74) is 0. The minimum Gasteiger partial charge on any atom is -0.461 e. The van der Waals surface area contributed by atoms with Crippen LogP contribution in [0.15, 0.2) is 28.0 Å². The lowest BCUT2D eigenvalue weighted by Crippen LogP contribution is -2.26. The highest BCUT2D eigenvalue weighted by Crippen LogP contribution is 2.35. The van der Waals surface area contributed by atoms with Crippen LogP contribution in [0.5, 0.6) is 0 Å². The van der Waals surface area contributed by atoms with Crippen LogP contribution >= 0.6 is 11.8 Å². The van der Waals surface area contributed by atoms with Gasteiger partial charge in [-0.25, -0.2) is 0 Å². The van der Waals surface area contributed by atoms with E-state index < -0.39 is 0 Å². The summed E-state index contributed by atoms with van der Waals surface area (Å²) in [5, 5.41) is 12.4. The zero-order valence-electron chi connectivity index (χ0n) is 14.0. The first-order valence-electron chi connectivity index (χ1n) is 8.68. The molecule has 1 N–H and O–H groups in total. The van der Waals surface area contributed by atoms with Gasteiger partial charge in [-0.05, 0) is 31.4 Å². The molecule has 0 atom stereocenters. The minimum atomic E-state index is 0.0413. The third-order valence-corrected chi connectivity index (χ3v) is 5.19. The number of rotatable bonds is 7. The van der Waals surface area contributed by atoms with Gasteiger partial charge in [-0.15, -0.1) is 10.2 Å². The van der Waals surface area contributed by atoms with Crippen molar-refractivity contribution >= 4 is 17.7 Å². The largest absolute Gasteiger partial charge is 0.461 e. The molecular formula is C17H24N4O2S. The van der Waals surface area contributed by atoms with Gasteiger partial charge in [0.2, 0.25) is 11.7 Å². The van der Waals surface area contributed by atoms with Crippen molar-refractivity contribution in [3.63, 3.8) is 0 Å². The Balaban J connectivity index is 1.79. The van der Waals surface area contributed by atoms with E-state index in [2.05, 4.69) is 20.1 Å². The molecule has 130 valence electrons. The summed E-state index contributed by atoms with van der Waals surface area (Å²) in [6.45, 7) is 2.76. The molecule has 1 aliphatic rings. The predicted octanol–water partition coefficient (Wildman–Crippen LogP) is 3.66. The molecule has 1 fully saturated rings. The molecule has 0 saturated heterocycles. The minimum absolute atomic E-state index is 0.0413. The quantitative estimate of drug-likeness (QED) is 0.773. The number of carbonyl (C=O) groups excluding carboxylic acids is 1. The second-order valence-corrected chi connectivity index (χ2v) is 7.03. The van der Waals surface area contributed by atoms with Gasteiger partial charge >= 0.3 is 0 Å². The highest BCUT2D eigenvalue weighted by atomic mass is 32.2. The van der Waals surface area contributed by atoms with E-state index in [0.717, 1.165) is 36.0 Å². The Hall–Kier alpha value is -1.76. The molecule has 0 aromatic carbocycles. The van der Waals surface area contributed by atoms with Crippen molar-refractivity contribution in [2.75, 3.05) is 12.3 Å². The van der Waals surface area contributed by atoms with Crippen molar-refractivity contribution in [1.82, 2.24) is 20.1 Å². The SMILES string of the molecule is CCCNC(=O)CSc1nnc(-c2ccco2)n1C1CCCCC1. The Morgan fingerprint density at radius 2 is 2.21 bits per heavy atom. The molecule has 0 bridgehead atoms. The maximum absolute atomic E-state index is 11.9. The Bertz CT molecular complexity index is 648. The molecule has 7 heteroatoms. The number of nitrogens with one attached hydrogen (secondary N) is 1. The van der Waals surface area contributed by atoms with E-state index in [1.165, 1.54) is 31.0 Å². The van der Waals surface area contributed by atoms with Gasteiger partial charge in [-0.3, -0.25) is 9.36 Å². The normalized spacial score (nSPS) is 15.5. The maximum atomic E-state index is 11.9. The first kappa shape index (κ1) is 17.1. The Kier molecular flexibility index (Phi) is 5.96. The summed E-state index contributed by atoms with van der Waals surface area (Å²) in [4.78, 5) is 11.9. The number of hydrogen-bond donors (Lipinski definition) is 1. The van der Waals surface area contributed by atoms with Crippen LogP contribution in [0.4, 0.5) is 0 Å². The summed E-state index contributed by atoms with van der Waals surface area (Å²) in [6, 6.07) is 4.15. The molecule has 1 saturated carbocycles.